The van der Waals surface area contributed by atoms with E-state index in [4.69, 9.17) is 4.74 Å². The van der Waals surface area contributed by atoms with Crippen LogP contribution in [0.2, 0.25) is 0 Å². The highest BCUT2D eigenvalue weighted by atomic mass is 16.5. The predicted molar refractivity (Wildman–Crippen MR) is 80.8 cm³/mol. The van der Waals surface area contributed by atoms with E-state index in [2.05, 4.69) is 16.0 Å². The third-order valence-corrected chi connectivity index (χ3v) is 5.08. The second-order valence-electron chi connectivity index (χ2n) is 6.10. The van der Waals surface area contributed by atoms with Crippen molar-refractivity contribution in [3.63, 3.8) is 0 Å². The lowest BCUT2D eigenvalue weighted by atomic mass is 9.79. The van der Waals surface area contributed by atoms with Crippen LogP contribution in [0.5, 0.6) is 5.75 Å². The van der Waals surface area contributed by atoms with Crippen molar-refractivity contribution in [2.45, 2.75) is 31.7 Å². The van der Waals surface area contributed by atoms with Crippen molar-refractivity contribution in [2.75, 3.05) is 20.2 Å². The van der Waals surface area contributed by atoms with E-state index in [1.807, 2.05) is 12.1 Å². The fourth-order valence-corrected chi connectivity index (χ4v) is 4.06. The minimum atomic E-state index is 0.0576. The van der Waals surface area contributed by atoms with Crippen molar-refractivity contribution in [3.05, 3.63) is 29.3 Å². The fourth-order valence-electron chi connectivity index (χ4n) is 4.06. The molecule has 2 unspecified atom stereocenters. The van der Waals surface area contributed by atoms with Crippen molar-refractivity contribution in [2.24, 2.45) is 10.9 Å². The van der Waals surface area contributed by atoms with Crippen LogP contribution >= 0.6 is 0 Å². The zero-order valence-electron chi connectivity index (χ0n) is 12.3. The molecule has 4 nitrogen and oxygen atoms in total. The van der Waals surface area contributed by atoms with E-state index in [-0.39, 0.29) is 17.9 Å². The molecule has 1 aromatic rings. The molecule has 0 aliphatic carbocycles. The molecule has 1 amide bonds. The summed E-state index contributed by atoms with van der Waals surface area (Å²) in [4.78, 5) is 19.5. The molecule has 110 valence electrons. The molecule has 0 spiro atoms. The Hall–Kier alpha value is -1.84. The monoisotopic (exact) mass is 284 g/mol. The number of nitrogens with zero attached hydrogens (tertiary/aromatic N) is 2. The van der Waals surface area contributed by atoms with Crippen molar-refractivity contribution >= 4 is 11.6 Å². The highest BCUT2D eigenvalue weighted by molar-refractivity contribution is 6.07. The van der Waals surface area contributed by atoms with Gasteiger partial charge in [-0.05, 0) is 30.9 Å². The molecule has 4 heteroatoms. The Labute approximate surface area is 124 Å². The summed E-state index contributed by atoms with van der Waals surface area (Å²) in [5.74, 6) is 1.30. The number of aliphatic imine (C=N–C) groups is 1. The van der Waals surface area contributed by atoms with Gasteiger partial charge >= 0.3 is 0 Å². The molecule has 3 aliphatic heterocycles. The molecule has 0 N–H and O–H groups in total. The summed E-state index contributed by atoms with van der Waals surface area (Å²) in [6.07, 6.45) is 3.81. The third kappa shape index (κ3) is 1.88. The van der Waals surface area contributed by atoms with Crippen molar-refractivity contribution in [3.8, 4) is 5.75 Å². The smallest absolute Gasteiger partial charge is 0.231 e. The van der Waals surface area contributed by atoms with Gasteiger partial charge in [0.2, 0.25) is 5.91 Å². The van der Waals surface area contributed by atoms with E-state index in [9.17, 15) is 4.79 Å². The van der Waals surface area contributed by atoms with Gasteiger partial charge in [0.05, 0.1) is 19.1 Å². The molecule has 4 rings (SSSR count). The normalized spacial score (nSPS) is 27.4. The number of benzene rings is 1. The van der Waals surface area contributed by atoms with E-state index >= 15 is 0 Å². The summed E-state index contributed by atoms with van der Waals surface area (Å²) < 4.78 is 5.49. The van der Waals surface area contributed by atoms with Gasteiger partial charge in [0.1, 0.15) is 5.75 Å². The van der Waals surface area contributed by atoms with Gasteiger partial charge < -0.3 is 9.64 Å². The lowest BCUT2D eigenvalue weighted by Gasteiger charge is -2.45. The predicted octanol–water partition coefficient (Wildman–Crippen LogP) is 2.38. The topological polar surface area (TPSA) is 41.9 Å². The Morgan fingerprint density at radius 2 is 2.29 bits per heavy atom. The zero-order valence-corrected chi connectivity index (χ0v) is 12.3. The molecule has 21 heavy (non-hydrogen) atoms. The fraction of sp³-hybridized carbons (Fsp3) is 0.529. The largest absolute Gasteiger partial charge is 0.496 e. The maximum atomic E-state index is 12.8. The molecule has 0 saturated carbocycles. The molecule has 0 aromatic heterocycles. The molecule has 3 aliphatic rings. The maximum absolute atomic E-state index is 12.8. The van der Waals surface area contributed by atoms with Gasteiger partial charge in [-0.1, -0.05) is 12.1 Å². The molecule has 1 aromatic carbocycles. The third-order valence-electron chi connectivity index (χ3n) is 5.08. The van der Waals surface area contributed by atoms with Gasteiger partial charge in [-0.15, -0.1) is 0 Å². The first kappa shape index (κ1) is 12.9. The zero-order chi connectivity index (χ0) is 14.4. The molecule has 2 atom stereocenters. The van der Waals surface area contributed by atoms with Crippen LogP contribution in [0.25, 0.3) is 0 Å². The summed E-state index contributed by atoms with van der Waals surface area (Å²) in [6, 6.07) is 6.34. The lowest BCUT2D eigenvalue weighted by Crippen LogP contribution is -2.51. The van der Waals surface area contributed by atoms with Gasteiger partial charge in [-0.25, -0.2) is 0 Å². The van der Waals surface area contributed by atoms with Gasteiger partial charge in [0.15, 0.2) is 0 Å². The second-order valence-corrected chi connectivity index (χ2v) is 6.10. The Kier molecular flexibility index (Phi) is 2.98. The number of ether oxygens (including phenoxy) is 1. The Balaban J connectivity index is 1.77. The van der Waals surface area contributed by atoms with E-state index in [0.717, 1.165) is 50.2 Å². The van der Waals surface area contributed by atoms with E-state index < -0.39 is 0 Å². The van der Waals surface area contributed by atoms with Gasteiger partial charge in [0.25, 0.3) is 0 Å². The van der Waals surface area contributed by atoms with Crippen molar-refractivity contribution in [1.82, 2.24) is 4.90 Å². The number of piperidine rings is 1. The number of carbonyl (C=O) groups is 1. The first-order valence-electron chi connectivity index (χ1n) is 7.79. The minimum Gasteiger partial charge on any atom is -0.496 e. The molecule has 0 radical (unpaired) electrons. The van der Waals surface area contributed by atoms with Crippen LogP contribution < -0.4 is 4.74 Å². The van der Waals surface area contributed by atoms with E-state index in [1.54, 1.807) is 7.11 Å². The number of methoxy groups -OCH3 is 1. The minimum absolute atomic E-state index is 0.0576. The molecular weight excluding hydrogens is 264 g/mol. The summed E-state index contributed by atoms with van der Waals surface area (Å²) in [7, 11) is 1.72. The van der Waals surface area contributed by atoms with Crippen molar-refractivity contribution in [1.29, 1.82) is 0 Å². The summed E-state index contributed by atoms with van der Waals surface area (Å²) in [5.41, 5.74) is 3.65. The highest BCUT2D eigenvalue weighted by Crippen LogP contribution is 2.42. The number of rotatable bonds is 1. The van der Waals surface area contributed by atoms with Crippen LogP contribution in [0, 0.1) is 5.92 Å². The summed E-state index contributed by atoms with van der Waals surface area (Å²) in [5, 5.41) is 0. The van der Waals surface area contributed by atoms with Gasteiger partial charge in [-0.2, -0.15) is 0 Å². The second kappa shape index (κ2) is 4.86. The number of hydrogen-bond acceptors (Lipinski definition) is 3. The standard InChI is InChI=1S/C17H20N2O2/c1-21-16-6-2-4-11-12(16)7-9-19-15(11)10-14-13(17(19)20)5-3-8-18-14/h2,4,6,13,15H,3,5,7-10H2,1H3. The van der Waals surface area contributed by atoms with E-state index in [0.29, 0.717) is 0 Å². The maximum Gasteiger partial charge on any atom is 0.231 e. The highest BCUT2D eigenvalue weighted by Gasteiger charge is 2.43. The van der Waals surface area contributed by atoms with E-state index in [1.165, 1.54) is 11.1 Å². The summed E-state index contributed by atoms with van der Waals surface area (Å²) in [6.45, 7) is 1.69. The van der Waals surface area contributed by atoms with Crippen LogP contribution in [-0.2, 0) is 11.2 Å². The molecule has 1 fully saturated rings. The number of carbonyl (C=O) groups excluding carboxylic acids is 1. The molecule has 0 bridgehead atoms. The quantitative estimate of drug-likeness (QED) is 0.794. The first-order chi connectivity index (χ1) is 10.3. The Morgan fingerprint density at radius 3 is 3.14 bits per heavy atom. The van der Waals surface area contributed by atoms with Crippen LogP contribution in [0.4, 0.5) is 0 Å². The van der Waals surface area contributed by atoms with Crippen LogP contribution in [0.1, 0.15) is 36.4 Å². The lowest BCUT2D eigenvalue weighted by molar-refractivity contribution is -0.138. The first-order valence-corrected chi connectivity index (χ1v) is 7.79. The van der Waals surface area contributed by atoms with Gasteiger partial charge in [-0.3, -0.25) is 9.79 Å². The average molecular weight is 284 g/mol. The molecule has 3 heterocycles. The van der Waals surface area contributed by atoms with Crippen LogP contribution in [0.15, 0.2) is 23.2 Å². The average Bonchev–Trinajstić information content (AvgIpc) is 2.54. The van der Waals surface area contributed by atoms with Crippen molar-refractivity contribution < 1.29 is 9.53 Å². The molecule has 1 saturated heterocycles. The number of fused-ring (bicyclic) bond motifs is 4. The Bertz CT molecular complexity index is 623. The molecular formula is C17H20N2O2. The van der Waals surface area contributed by atoms with Crippen LogP contribution in [-0.4, -0.2) is 36.7 Å². The number of amides is 1. The van der Waals surface area contributed by atoms with Crippen LogP contribution in [0.3, 0.4) is 0 Å². The number of hydrogen-bond donors (Lipinski definition) is 0. The Morgan fingerprint density at radius 1 is 1.38 bits per heavy atom. The summed E-state index contributed by atoms with van der Waals surface area (Å²) >= 11 is 0. The SMILES string of the molecule is COc1cccc2c1CCN1C(=O)C3CCCN=C3CC21. The van der Waals surface area contributed by atoms with Gasteiger partial charge in [0, 0.05) is 30.8 Å².